The fourth-order valence-electron chi connectivity index (χ4n) is 1.50. The van der Waals surface area contributed by atoms with Crippen molar-refractivity contribution in [3.63, 3.8) is 0 Å². The molecule has 2 rings (SSSR count). The molecule has 0 spiro atoms. The summed E-state index contributed by atoms with van der Waals surface area (Å²) in [6.07, 6.45) is 2.05. The second kappa shape index (κ2) is 3.77. The first-order valence-electron chi connectivity index (χ1n) is 4.58. The molecular weight excluding hydrogens is 213 g/mol. The summed E-state index contributed by atoms with van der Waals surface area (Å²) in [5.74, 6) is 0.0125. The largest absolute Gasteiger partial charge is 0.456 e. The maximum absolute atomic E-state index is 13.0. The lowest BCUT2D eigenvalue weighted by Crippen LogP contribution is -1.82. The van der Waals surface area contributed by atoms with Crippen LogP contribution in [0.5, 0.6) is 0 Å². The molecule has 2 aromatic rings. The molecule has 1 aromatic heterocycles. The summed E-state index contributed by atoms with van der Waals surface area (Å²) < 4.78 is 18.3. The van der Waals surface area contributed by atoms with Crippen LogP contribution < -0.4 is 0 Å². The molecule has 0 radical (unpaired) electrons. The van der Waals surface area contributed by atoms with E-state index < -0.39 is 4.92 Å². The van der Waals surface area contributed by atoms with E-state index in [1.165, 1.54) is 24.3 Å². The van der Waals surface area contributed by atoms with Gasteiger partial charge in [0, 0.05) is 10.9 Å². The minimum absolute atomic E-state index is 0.360. The normalized spacial score (nSPS) is 11.4. The molecule has 4 nitrogen and oxygen atoms in total. The second-order valence-corrected chi connectivity index (χ2v) is 3.33. The Labute approximate surface area is 90.1 Å². The van der Waals surface area contributed by atoms with Crippen molar-refractivity contribution in [3.8, 4) is 0 Å². The van der Waals surface area contributed by atoms with Gasteiger partial charge in [-0.25, -0.2) is 4.39 Å². The summed E-state index contributed by atoms with van der Waals surface area (Å²) >= 11 is 0. The van der Waals surface area contributed by atoms with E-state index in [9.17, 15) is 14.5 Å². The van der Waals surface area contributed by atoms with Crippen LogP contribution in [0.4, 0.5) is 4.39 Å². The Kier molecular flexibility index (Phi) is 2.44. The van der Waals surface area contributed by atoms with Crippen LogP contribution in [0.3, 0.4) is 0 Å². The molecule has 16 heavy (non-hydrogen) atoms. The number of furan rings is 1. The number of aryl methyl sites for hydroxylation is 1. The predicted octanol–water partition coefficient (Wildman–Crippen LogP) is 3.13. The first-order chi connectivity index (χ1) is 7.58. The van der Waals surface area contributed by atoms with Crippen LogP contribution in [-0.2, 0) is 0 Å². The number of hydrogen-bond donors (Lipinski definition) is 0. The fourth-order valence-corrected chi connectivity index (χ4v) is 1.50. The number of fused-ring (bicyclic) bond motifs is 1. The molecule has 0 saturated heterocycles. The van der Waals surface area contributed by atoms with E-state index in [0.717, 1.165) is 6.20 Å². The number of nitro groups is 1. The minimum Gasteiger partial charge on any atom is -0.456 e. The summed E-state index contributed by atoms with van der Waals surface area (Å²) in [6.45, 7) is 1.73. The van der Waals surface area contributed by atoms with Gasteiger partial charge < -0.3 is 4.42 Å². The summed E-state index contributed by atoms with van der Waals surface area (Å²) in [5, 5.41) is 10.8. The number of rotatable bonds is 2. The van der Waals surface area contributed by atoms with E-state index in [4.69, 9.17) is 4.42 Å². The summed E-state index contributed by atoms with van der Waals surface area (Å²) in [7, 11) is 0. The Balaban J connectivity index is 2.56. The molecule has 0 unspecified atom stereocenters. The highest BCUT2D eigenvalue weighted by Crippen LogP contribution is 2.26. The van der Waals surface area contributed by atoms with Gasteiger partial charge in [0.25, 0.3) is 0 Å². The third kappa shape index (κ3) is 1.79. The molecule has 0 N–H and O–H groups in total. The van der Waals surface area contributed by atoms with Crippen LogP contribution in [-0.4, -0.2) is 4.92 Å². The zero-order valence-electron chi connectivity index (χ0n) is 8.44. The maximum Gasteiger partial charge on any atom is 0.238 e. The van der Waals surface area contributed by atoms with Crippen LogP contribution in [0.15, 0.2) is 28.8 Å². The topological polar surface area (TPSA) is 56.3 Å². The molecule has 0 aliphatic heterocycles. The van der Waals surface area contributed by atoms with E-state index in [-0.39, 0.29) is 5.82 Å². The highest BCUT2D eigenvalue weighted by molar-refractivity contribution is 5.84. The minimum atomic E-state index is -0.576. The third-order valence-corrected chi connectivity index (χ3v) is 2.28. The van der Waals surface area contributed by atoms with Crippen LogP contribution in [0, 0.1) is 22.9 Å². The highest BCUT2D eigenvalue weighted by Gasteiger charge is 2.09. The lowest BCUT2D eigenvalue weighted by molar-refractivity contribution is -0.401. The molecule has 1 aromatic carbocycles. The molecule has 0 amide bonds. The van der Waals surface area contributed by atoms with Gasteiger partial charge in [-0.05, 0) is 25.1 Å². The summed E-state index contributed by atoms with van der Waals surface area (Å²) in [6, 6.07) is 4.13. The average Bonchev–Trinajstić information content (AvgIpc) is 2.53. The van der Waals surface area contributed by atoms with Crippen molar-refractivity contribution < 1.29 is 13.7 Å². The van der Waals surface area contributed by atoms with Crippen molar-refractivity contribution in [2.75, 3.05) is 0 Å². The van der Waals surface area contributed by atoms with Crippen molar-refractivity contribution in [3.05, 3.63) is 51.7 Å². The van der Waals surface area contributed by atoms with Gasteiger partial charge in [-0.15, -0.1) is 0 Å². The number of hydrogen-bond acceptors (Lipinski definition) is 3. The van der Waals surface area contributed by atoms with Crippen LogP contribution in [0.25, 0.3) is 17.0 Å². The number of benzene rings is 1. The van der Waals surface area contributed by atoms with E-state index in [0.29, 0.717) is 22.3 Å². The van der Waals surface area contributed by atoms with Gasteiger partial charge in [0.1, 0.15) is 17.2 Å². The molecule has 0 bridgehead atoms. The lowest BCUT2D eigenvalue weighted by atomic mass is 10.1. The van der Waals surface area contributed by atoms with Crippen molar-refractivity contribution in [1.29, 1.82) is 0 Å². The van der Waals surface area contributed by atoms with Gasteiger partial charge in [0.05, 0.1) is 11.0 Å². The Hall–Kier alpha value is -2.17. The smallest absolute Gasteiger partial charge is 0.238 e. The van der Waals surface area contributed by atoms with Crippen molar-refractivity contribution >= 4 is 17.0 Å². The van der Waals surface area contributed by atoms with Gasteiger partial charge in [0.15, 0.2) is 0 Å². The zero-order chi connectivity index (χ0) is 11.7. The average molecular weight is 221 g/mol. The first kappa shape index (κ1) is 10.4. The van der Waals surface area contributed by atoms with Crippen molar-refractivity contribution in [2.45, 2.75) is 6.92 Å². The SMILES string of the molecule is Cc1c(/C=C/[N+](=O)[O-])oc2ccc(F)cc12. The molecule has 82 valence electrons. The monoisotopic (exact) mass is 221 g/mol. The molecule has 0 aliphatic rings. The summed E-state index contributed by atoms with van der Waals surface area (Å²) in [5.41, 5.74) is 1.20. The fraction of sp³-hybridized carbons (Fsp3) is 0.0909. The number of nitrogens with zero attached hydrogens (tertiary/aromatic N) is 1. The standard InChI is InChI=1S/C11H8FNO3/c1-7-9-6-8(12)2-3-11(9)16-10(7)4-5-13(14)15/h2-6H,1H3/b5-4+. The van der Waals surface area contributed by atoms with Crippen LogP contribution in [0.2, 0.25) is 0 Å². The quantitative estimate of drug-likeness (QED) is 0.578. The van der Waals surface area contributed by atoms with E-state index >= 15 is 0 Å². The van der Waals surface area contributed by atoms with Gasteiger partial charge >= 0.3 is 0 Å². The lowest BCUT2D eigenvalue weighted by Gasteiger charge is -1.88. The second-order valence-electron chi connectivity index (χ2n) is 3.33. The molecule has 1 heterocycles. The molecule has 5 heteroatoms. The molecular formula is C11H8FNO3. The van der Waals surface area contributed by atoms with Gasteiger partial charge in [-0.2, -0.15) is 0 Å². The highest BCUT2D eigenvalue weighted by atomic mass is 19.1. The Morgan fingerprint density at radius 3 is 2.94 bits per heavy atom. The van der Waals surface area contributed by atoms with Crippen LogP contribution in [0.1, 0.15) is 11.3 Å². The van der Waals surface area contributed by atoms with Crippen molar-refractivity contribution in [2.24, 2.45) is 0 Å². The predicted molar refractivity (Wildman–Crippen MR) is 56.9 cm³/mol. The Bertz CT molecular complexity index is 586. The van der Waals surface area contributed by atoms with E-state index in [1.54, 1.807) is 6.92 Å². The Morgan fingerprint density at radius 1 is 1.50 bits per heavy atom. The molecule has 0 fully saturated rings. The van der Waals surface area contributed by atoms with Crippen LogP contribution >= 0.6 is 0 Å². The van der Waals surface area contributed by atoms with Gasteiger partial charge in [0.2, 0.25) is 6.20 Å². The van der Waals surface area contributed by atoms with Gasteiger partial charge in [-0.1, -0.05) is 0 Å². The van der Waals surface area contributed by atoms with Gasteiger partial charge in [-0.3, -0.25) is 10.1 Å². The zero-order valence-corrected chi connectivity index (χ0v) is 8.44. The first-order valence-corrected chi connectivity index (χ1v) is 4.58. The number of halogens is 1. The molecule has 0 atom stereocenters. The van der Waals surface area contributed by atoms with Crippen molar-refractivity contribution in [1.82, 2.24) is 0 Å². The van der Waals surface area contributed by atoms with E-state index in [2.05, 4.69) is 0 Å². The molecule has 0 saturated carbocycles. The maximum atomic E-state index is 13.0. The third-order valence-electron chi connectivity index (χ3n) is 2.28. The van der Waals surface area contributed by atoms with E-state index in [1.807, 2.05) is 0 Å². The summed E-state index contributed by atoms with van der Waals surface area (Å²) in [4.78, 5) is 9.59. The Morgan fingerprint density at radius 2 is 2.25 bits per heavy atom. The molecule has 0 aliphatic carbocycles.